The monoisotopic (exact) mass is 263 g/mol. The number of aromatic nitrogens is 1. The maximum atomic E-state index is 11.4. The average molecular weight is 263 g/mol. The molecule has 1 rings (SSSR count). The molecule has 0 saturated carbocycles. The van der Waals surface area contributed by atoms with Gasteiger partial charge in [0.2, 0.25) is 5.91 Å². The van der Waals surface area contributed by atoms with E-state index in [9.17, 15) is 4.79 Å². The minimum Gasteiger partial charge on any atom is -0.356 e. The van der Waals surface area contributed by atoms with Crippen molar-refractivity contribution in [2.75, 3.05) is 13.1 Å². The topological polar surface area (TPSA) is 54.0 Å². The Kier molecular flexibility index (Phi) is 6.50. The van der Waals surface area contributed by atoms with Crippen molar-refractivity contribution in [2.45, 2.75) is 40.2 Å². The van der Waals surface area contributed by atoms with Crippen molar-refractivity contribution in [3.8, 4) is 0 Å². The molecule has 0 spiro atoms. The van der Waals surface area contributed by atoms with E-state index in [0.29, 0.717) is 25.4 Å². The van der Waals surface area contributed by atoms with Gasteiger partial charge < -0.3 is 10.6 Å². The number of carbonyl (C=O) groups excluding carboxylic acids is 1. The molecule has 0 aliphatic heterocycles. The fraction of sp³-hybridized carbons (Fsp3) is 0.600. The van der Waals surface area contributed by atoms with Crippen molar-refractivity contribution in [3.05, 3.63) is 29.6 Å². The summed E-state index contributed by atoms with van der Waals surface area (Å²) in [6.45, 7) is 9.69. The number of hydrogen-bond acceptors (Lipinski definition) is 3. The number of nitrogens with one attached hydrogen (secondary N) is 2. The Morgan fingerprint density at radius 2 is 2.16 bits per heavy atom. The molecule has 2 N–H and O–H groups in total. The first-order chi connectivity index (χ1) is 9.06. The molecule has 0 bridgehead atoms. The highest BCUT2D eigenvalue weighted by Gasteiger charge is 2.18. The van der Waals surface area contributed by atoms with Crippen molar-refractivity contribution in [1.82, 2.24) is 15.6 Å². The van der Waals surface area contributed by atoms with Crippen LogP contribution in [0.4, 0.5) is 0 Å². The molecule has 0 aliphatic rings. The van der Waals surface area contributed by atoms with Crippen molar-refractivity contribution >= 4 is 5.91 Å². The first kappa shape index (κ1) is 15.6. The predicted molar refractivity (Wildman–Crippen MR) is 77.9 cm³/mol. The summed E-state index contributed by atoms with van der Waals surface area (Å²) >= 11 is 0. The van der Waals surface area contributed by atoms with Crippen LogP contribution in [0.1, 0.15) is 44.5 Å². The summed E-state index contributed by atoms with van der Waals surface area (Å²) in [4.78, 5) is 15.9. The van der Waals surface area contributed by atoms with Crippen LogP contribution in [-0.4, -0.2) is 24.0 Å². The number of nitrogens with zero attached hydrogens (tertiary/aromatic N) is 1. The third-order valence-corrected chi connectivity index (χ3v) is 3.10. The Morgan fingerprint density at radius 1 is 1.42 bits per heavy atom. The third kappa shape index (κ3) is 4.99. The summed E-state index contributed by atoms with van der Waals surface area (Å²) in [5, 5.41) is 6.25. The minimum absolute atomic E-state index is 0.0928. The van der Waals surface area contributed by atoms with Gasteiger partial charge in [-0.05, 0) is 31.4 Å². The highest BCUT2D eigenvalue weighted by Crippen LogP contribution is 2.22. The van der Waals surface area contributed by atoms with Gasteiger partial charge in [0.1, 0.15) is 0 Å². The molecular formula is C15H25N3O. The van der Waals surface area contributed by atoms with E-state index in [1.54, 1.807) is 0 Å². The second-order valence-corrected chi connectivity index (χ2v) is 5.08. The van der Waals surface area contributed by atoms with Crippen LogP contribution in [0.5, 0.6) is 0 Å². The molecule has 1 atom stereocenters. The molecule has 19 heavy (non-hydrogen) atoms. The lowest BCUT2D eigenvalue weighted by Crippen LogP contribution is -2.32. The molecule has 1 heterocycles. The lowest BCUT2D eigenvalue weighted by molar-refractivity contribution is -0.120. The van der Waals surface area contributed by atoms with Gasteiger partial charge in [-0.2, -0.15) is 0 Å². The van der Waals surface area contributed by atoms with Gasteiger partial charge in [0.05, 0.1) is 11.7 Å². The standard InChI is InChI=1S/C15H25N3O/c1-5-16-13(19)8-10-18-14(11(2)3)15-12(4)7-6-9-17-15/h6-7,9,11,14,18H,5,8,10H2,1-4H3,(H,16,19). The zero-order valence-corrected chi connectivity index (χ0v) is 12.4. The molecule has 0 aromatic carbocycles. The molecule has 1 aromatic rings. The quantitative estimate of drug-likeness (QED) is 0.793. The van der Waals surface area contributed by atoms with Gasteiger partial charge in [0, 0.05) is 25.7 Å². The van der Waals surface area contributed by atoms with E-state index in [-0.39, 0.29) is 11.9 Å². The fourth-order valence-corrected chi connectivity index (χ4v) is 2.10. The fourth-order valence-electron chi connectivity index (χ4n) is 2.10. The highest BCUT2D eigenvalue weighted by atomic mass is 16.1. The van der Waals surface area contributed by atoms with Crippen LogP contribution < -0.4 is 10.6 Å². The molecule has 106 valence electrons. The molecule has 1 amide bonds. The van der Waals surface area contributed by atoms with Crippen molar-refractivity contribution in [1.29, 1.82) is 0 Å². The van der Waals surface area contributed by atoms with E-state index in [0.717, 1.165) is 5.69 Å². The second-order valence-electron chi connectivity index (χ2n) is 5.08. The molecular weight excluding hydrogens is 238 g/mol. The van der Waals surface area contributed by atoms with Crippen LogP contribution in [0.25, 0.3) is 0 Å². The Hall–Kier alpha value is -1.42. The van der Waals surface area contributed by atoms with E-state index >= 15 is 0 Å². The third-order valence-electron chi connectivity index (χ3n) is 3.10. The summed E-state index contributed by atoms with van der Waals surface area (Å²) in [5.41, 5.74) is 2.26. The normalized spacial score (nSPS) is 12.5. The van der Waals surface area contributed by atoms with Crippen LogP contribution >= 0.6 is 0 Å². The lowest BCUT2D eigenvalue weighted by Gasteiger charge is -2.23. The Labute approximate surface area is 116 Å². The molecule has 4 nitrogen and oxygen atoms in total. The second kappa shape index (κ2) is 7.89. The van der Waals surface area contributed by atoms with E-state index in [2.05, 4.69) is 42.5 Å². The number of rotatable bonds is 7. The van der Waals surface area contributed by atoms with E-state index in [4.69, 9.17) is 0 Å². The van der Waals surface area contributed by atoms with E-state index in [1.807, 2.05) is 19.2 Å². The van der Waals surface area contributed by atoms with E-state index < -0.39 is 0 Å². The summed E-state index contributed by atoms with van der Waals surface area (Å²) in [7, 11) is 0. The first-order valence-corrected chi connectivity index (χ1v) is 6.97. The average Bonchev–Trinajstić information content (AvgIpc) is 2.36. The first-order valence-electron chi connectivity index (χ1n) is 6.97. The Bertz CT molecular complexity index is 404. The van der Waals surface area contributed by atoms with Crippen molar-refractivity contribution in [2.24, 2.45) is 5.92 Å². The largest absolute Gasteiger partial charge is 0.356 e. The Morgan fingerprint density at radius 3 is 2.74 bits per heavy atom. The van der Waals surface area contributed by atoms with Gasteiger partial charge in [-0.25, -0.2) is 0 Å². The van der Waals surface area contributed by atoms with Crippen LogP contribution in [0.15, 0.2) is 18.3 Å². The molecule has 1 aromatic heterocycles. The number of aryl methyl sites for hydroxylation is 1. The summed E-state index contributed by atoms with van der Waals surface area (Å²) in [6, 6.07) is 4.21. The lowest BCUT2D eigenvalue weighted by atomic mass is 9.97. The predicted octanol–water partition coefficient (Wildman–Crippen LogP) is 2.20. The SMILES string of the molecule is CCNC(=O)CCNC(c1ncccc1C)C(C)C. The van der Waals surface area contributed by atoms with Gasteiger partial charge >= 0.3 is 0 Å². The minimum atomic E-state index is 0.0928. The smallest absolute Gasteiger partial charge is 0.221 e. The highest BCUT2D eigenvalue weighted by molar-refractivity contribution is 5.75. The van der Waals surface area contributed by atoms with Gasteiger partial charge in [0.25, 0.3) is 0 Å². The van der Waals surface area contributed by atoms with Gasteiger partial charge in [0.15, 0.2) is 0 Å². The van der Waals surface area contributed by atoms with Crippen LogP contribution in [0, 0.1) is 12.8 Å². The molecule has 1 unspecified atom stereocenters. The van der Waals surface area contributed by atoms with Gasteiger partial charge in [-0.1, -0.05) is 19.9 Å². The van der Waals surface area contributed by atoms with Crippen LogP contribution in [0.2, 0.25) is 0 Å². The maximum Gasteiger partial charge on any atom is 0.221 e. The molecule has 0 fully saturated rings. The number of pyridine rings is 1. The Balaban J connectivity index is 2.60. The van der Waals surface area contributed by atoms with Crippen LogP contribution in [-0.2, 0) is 4.79 Å². The summed E-state index contributed by atoms with van der Waals surface area (Å²) in [6.07, 6.45) is 2.33. The zero-order valence-electron chi connectivity index (χ0n) is 12.4. The van der Waals surface area contributed by atoms with Crippen LogP contribution in [0.3, 0.4) is 0 Å². The molecule has 0 saturated heterocycles. The number of hydrogen-bond donors (Lipinski definition) is 2. The number of amides is 1. The maximum absolute atomic E-state index is 11.4. The number of carbonyl (C=O) groups is 1. The summed E-state index contributed by atoms with van der Waals surface area (Å²) in [5.74, 6) is 0.526. The van der Waals surface area contributed by atoms with Crippen molar-refractivity contribution in [3.63, 3.8) is 0 Å². The molecule has 0 radical (unpaired) electrons. The van der Waals surface area contributed by atoms with Gasteiger partial charge in [-0.3, -0.25) is 9.78 Å². The zero-order chi connectivity index (χ0) is 14.3. The van der Waals surface area contributed by atoms with Gasteiger partial charge in [-0.15, -0.1) is 0 Å². The molecule has 0 aliphatic carbocycles. The van der Waals surface area contributed by atoms with E-state index in [1.165, 1.54) is 5.56 Å². The molecule has 4 heteroatoms. The summed E-state index contributed by atoms with van der Waals surface area (Å²) < 4.78 is 0. The van der Waals surface area contributed by atoms with Crippen molar-refractivity contribution < 1.29 is 4.79 Å².